The number of halogens is 1. The zero-order valence-corrected chi connectivity index (χ0v) is 16.0. The van der Waals surface area contributed by atoms with Crippen LogP contribution in [0.5, 0.6) is 0 Å². The van der Waals surface area contributed by atoms with Crippen molar-refractivity contribution < 1.29 is 18.7 Å². The minimum absolute atomic E-state index is 0.0267. The molecule has 3 aromatic rings. The third-order valence-electron chi connectivity index (χ3n) is 3.93. The number of nitrogens with zero attached hydrogens (tertiary/aromatic N) is 3. The molecule has 6 nitrogen and oxygen atoms in total. The number of ether oxygens (including phenoxy) is 1. The number of hydrogen-bond acceptors (Lipinski definition) is 6. The third kappa shape index (κ3) is 5.20. The standard InChI is InChI=1S/C20H18FN3O3S/c1-24(11-15-5-2-3-7-17(15)21)18(25)12-27-19(26)9-16-13-28-20(23-16)14-6-4-8-22-10-14/h2-8,10,13H,9,11-12H2,1H3. The smallest absolute Gasteiger partial charge is 0.312 e. The molecule has 0 aliphatic carbocycles. The molecule has 28 heavy (non-hydrogen) atoms. The Bertz CT molecular complexity index is 962. The predicted octanol–water partition coefficient (Wildman–Crippen LogP) is 3.09. The molecular formula is C20H18FN3O3S. The number of thiazole rings is 1. The molecule has 0 radical (unpaired) electrons. The number of hydrogen-bond donors (Lipinski definition) is 0. The van der Waals surface area contributed by atoms with Crippen molar-refractivity contribution in [3.63, 3.8) is 0 Å². The number of pyridine rings is 1. The molecule has 1 amide bonds. The molecule has 0 N–H and O–H groups in total. The monoisotopic (exact) mass is 399 g/mol. The summed E-state index contributed by atoms with van der Waals surface area (Å²) in [5.74, 6) is -1.34. The highest BCUT2D eigenvalue weighted by atomic mass is 32.1. The van der Waals surface area contributed by atoms with Crippen molar-refractivity contribution >= 4 is 23.2 Å². The number of carbonyl (C=O) groups is 2. The van der Waals surface area contributed by atoms with Gasteiger partial charge >= 0.3 is 5.97 Å². The van der Waals surface area contributed by atoms with Crippen molar-refractivity contribution in [2.24, 2.45) is 0 Å². The van der Waals surface area contributed by atoms with Crippen molar-refractivity contribution in [3.8, 4) is 10.6 Å². The third-order valence-corrected chi connectivity index (χ3v) is 4.87. The van der Waals surface area contributed by atoms with E-state index < -0.39 is 18.5 Å². The maximum atomic E-state index is 13.7. The summed E-state index contributed by atoms with van der Waals surface area (Å²) in [7, 11) is 1.53. The number of aromatic nitrogens is 2. The van der Waals surface area contributed by atoms with Crippen molar-refractivity contribution in [1.82, 2.24) is 14.9 Å². The summed E-state index contributed by atoms with van der Waals surface area (Å²) in [6, 6.07) is 9.92. The lowest BCUT2D eigenvalue weighted by atomic mass is 10.2. The number of amides is 1. The van der Waals surface area contributed by atoms with Gasteiger partial charge in [-0.25, -0.2) is 9.37 Å². The lowest BCUT2D eigenvalue weighted by Gasteiger charge is -2.17. The molecule has 2 heterocycles. The Morgan fingerprint density at radius 1 is 1.21 bits per heavy atom. The van der Waals surface area contributed by atoms with E-state index in [2.05, 4.69) is 9.97 Å². The number of esters is 1. The zero-order chi connectivity index (χ0) is 19.9. The van der Waals surface area contributed by atoms with Gasteiger partial charge in [0.05, 0.1) is 12.1 Å². The van der Waals surface area contributed by atoms with Crippen LogP contribution in [-0.2, 0) is 27.3 Å². The average molecular weight is 399 g/mol. The van der Waals surface area contributed by atoms with Gasteiger partial charge in [0.25, 0.3) is 5.91 Å². The van der Waals surface area contributed by atoms with Crippen LogP contribution in [0.25, 0.3) is 10.6 Å². The van der Waals surface area contributed by atoms with Crippen LogP contribution in [0.3, 0.4) is 0 Å². The maximum absolute atomic E-state index is 13.7. The molecule has 0 unspecified atom stereocenters. The molecule has 0 aliphatic rings. The molecule has 2 aromatic heterocycles. The summed E-state index contributed by atoms with van der Waals surface area (Å²) in [4.78, 5) is 33.9. The molecule has 3 rings (SSSR count). The van der Waals surface area contributed by atoms with Crippen molar-refractivity contribution in [1.29, 1.82) is 0 Å². The van der Waals surface area contributed by atoms with Crippen LogP contribution in [0.4, 0.5) is 4.39 Å². The van der Waals surface area contributed by atoms with Gasteiger partial charge in [0.15, 0.2) is 6.61 Å². The summed E-state index contributed by atoms with van der Waals surface area (Å²) in [5, 5.41) is 2.53. The summed E-state index contributed by atoms with van der Waals surface area (Å²) in [6.45, 7) is -0.299. The average Bonchev–Trinajstić information content (AvgIpc) is 3.17. The highest BCUT2D eigenvalue weighted by Gasteiger charge is 2.15. The molecule has 0 aliphatic heterocycles. The second-order valence-corrected chi connectivity index (χ2v) is 6.92. The van der Waals surface area contributed by atoms with Gasteiger partial charge in [-0.15, -0.1) is 11.3 Å². The molecule has 0 fully saturated rings. The minimum atomic E-state index is -0.546. The number of carbonyl (C=O) groups excluding carboxylic acids is 2. The van der Waals surface area contributed by atoms with Gasteiger partial charge in [-0.2, -0.15) is 0 Å². The van der Waals surface area contributed by atoms with Gasteiger partial charge in [0.1, 0.15) is 10.8 Å². The van der Waals surface area contributed by atoms with Gasteiger partial charge in [-0.1, -0.05) is 18.2 Å². The highest BCUT2D eigenvalue weighted by Crippen LogP contribution is 2.22. The fourth-order valence-corrected chi connectivity index (χ4v) is 3.24. The Kier molecular flexibility index (Phi) is 6.44. The van der Waals surface area contributed by atoms with Crippen molar-refractivity contribution in [3.05, 3.63) is 71.2 Å². The largest absolute Gasteiger partial charge is 0.455 e. The molecular weight excluding hydrogens is 381 g/mol. The first-order valence-electron chi connectivity index (χ1n) is 8.50. The molecule has 1 aromatic carbocycles. The van der Waals surface area contributed by atoms with E-state index in [4.69, 9.17) is 4.74 Å². The number of likely N-dealkylation sites (N-methyl/N-ethyl adjacent to an activating group) is 1. The van der Waals surface area contributed by atoms with Crippen LogP contribution in [0.15, 0.2) is 54.2 Å². The Hall–Kier alpha value is -3.13. The SMILES string of the molecule is CN(Cc1ccccc1F)C(=O)COC(=O)Cc1csc(-c2cccnc2)n1. The van der Waals surface area contributed by atoms with Gasteiger partial charge in [-0.05, 0) is 18.2 Å². The van der Waals surface area contributed by atoms with Crippen LogP contribution in [0.1, 0.15) is 11.3 Å². The van der Waals surface area contributed by atoms with E-state index in [-0.39, 0.29) is 18.8 Å². The predicted molar refractivity (Wildman–Crippen MR) is 103 cm³/mol. The van der Waals surface area contributed by atoms with Crippen LogP contribution in [0.2, 0.25) is 0 Å². The van der Waals surface area contributed by atoms with E-state index in [1.54, 1.807) is 36.0 Å². The zero-order valence-electron chi connectivity index (χ0n) is 15.2. The lowest BCUT2D eigenvalue weighted by Crippen LogP contribution is -2.31. The second kappa shape index (κ2) is 9.18. The molecule has 8 heteroatoms. The van der Waals surface area contributed by atoms with E-state index in [1.165, 1.54) is 29.4 Å². The Labute approximate surface area is 165 Å². The summed E-state index contributed by atoms with van der Waals surface area (Å²) >= 11 is 1.41. The van der Waals surface area contributed by atoms with Gasteiger partial charge < -0.3 is 9.64 Å². The molecule has 0 spiro atoms. The molecule has 0 bridgehead atoms. The van der Waals surface area contributed by atoms with Crippen LogP contribution in [0, 0.1) is 5.82 Å². The first kappa shape index (κ1) is 19.6. The molecule has 0 atom stereocenters. The fourth-order valence-electron chi connectivity index (χ4n) is 2.43. The van der Waals surface area contributed by atoms with E-state index in [0.717, 1.165) is 10.6 Å². The van der Waals surface area contributed by atoms with Crippen LogP contribution >= 0.6 is 11.3 Å². The van der Waals surface area contributed by atoms with Crippen LogP contribution < -0.4 is 0 Å². The van der Waals surface area contributed by atoms with Crippen LogP contribution in [-0.4, -0.2) is 40.4 Å². The van der Waals surface area contributed by atoms with E-state index in [0.29, 0.717) is 11.3 Å². The lowest BCUT2D eigenvalue weighted by molar-refractivity contribution is -0.151. The van der Waals surface area contributed by atoms with Gasteiger partial charge in [0.2, 0.25) is 0 Å². The number of rotatable bonds is 7. The van der Waals surface area contributed by atoms with E-state index in [1.807, 2.05) is 12.1 Å². The second-order valence-electron chi connectivity index (χ2n) is 6.06. The summed E-state index contributed by atoms with van der Waals surface area (Å²) < 4.78 is 18.7. The minimum Gasteiger partial charge on any atom is -0.455 e. The summed E-state index contributed by atoms with van der Waals surface area (Å²) in [6.07, 6.45) is 3.35. The van der Waals surface area contributed by atoms with E-state index >= 15 is 0 Å². The highest BCUT2D eigenvalue weighted by molar-refractivity contribution is 7.13. The summed E-state index contributed by atoms with van der Waals surface area (Å²) in [5.41, 5.74) is 1.84. The fraction of sp³-hybridized carbons (Fsp3) is 0.200. The Morgan fingerprint density at radius 3 is 2.79 bits per heavy atom. The van der Waals surface area contributed by atoms with Gasteiger partial charge in [-0.3, -0.25) is 14.6 Å². The first-order chi connectivity index (χ1) is 13.5. The molecule has 0 saturated carbocycles. The Morgan fingerprint density at radius 2 is 2.04 bits per heavy atom. The number of benzene rings is 1. The van der Waals surface area contributed by atoms with E-state index in [9.17, 15) is 14.0 Å². The van der Waals surface area contributed by atoms with Crippen molar-refractivity contribution in [2.45, 2.75) is 13.0 Å². The topological polar surface area (TPSA) is 72.4 Å². The maximum Gasteiger partial charge on any atom is 0.312 e. The van der Waals surface area contributed by atoms with Gasteiger partial charge in [0, 0.05) is 42.5 Å². The molecule has 144 valence electrons. The van der Waals surface area contributed by atoms with Crippen molar-refractivity contribution in [2.75, 3.05) is 13.7 Å². The first-order valence-corrected chi connectivity index (χ1v) is 9.38. The normalized spacial score (nSPS) is 10.5. The Balaban J connectivity index is 1.48. The molecule has 0 saturated heterocycles. The quantitative estimate of drug-likeness (QED) is 0.571.